The number of anilines is 4. The third-order valence-electron chi connectivity index (χ3n) is 6.19. The van der Waals surface area contributed by atoms with Crippen LogP contribution in [0.5, 0.6) is 0 Å². The van der Waals surface area contributed by atoms with E-state index in [9.17, 15) is 4.79 Å². The minimum Gasteiger partial charge on any atom is -0.378 e. The van der Waals surface area contributed by atoms with Crippen LogP contribution in [0.1, 0.15) is 15.9 Å². The van der Waals surface area contributed by atoms with Gasteiger partial charge in [-0.3, -0.25) is 10.0 Å². The number of nitrogens with zero attached hydrogens (tertiary/aromatic N) is 6. The van der Waals surface area contributed by atoms with E-state index in [1.54, 1.807) is 16.8 Å². The number of hydrazine groups is 1. The van der Waals surface area contributed by atoms with Crippen LogP contribution in [0.2, 0.25) is 0 Å². The van der Waals surface area contributed by atoms with Crippen LogP contribution < -0.4 is 26.1 Å². The first-order valence-corrected chi connectivity index (χ1v) is 12.2. The van der Waals surface area contributed by atoms with Gasteiger partial charge in [-0.2, -0.15) is 0 Å². The summed E-state index contributed by atoms with van der Waals surface area (Å²) < 4.78 is 6.55. The Bertz CT molecular complexity index is 1440. The number of fused-ring (bicyclic) bond motifs is 2. The summed E-state index contributed by atoms with van der Waals surface area (Å²) in [5.74, 6) is 1.31. The Labute approximate surface area is 209 Å². The zero-order chi connectivity index (χ0) is 24.6. The Morgan fingerprint density at radius 1 is 1.22 bits per heavy atom. The van der Waals surface area contributed by atoms with Crippen LogP contribution in [-0.4, -0.2) is 64.4 Å². The number of morpholine rings is 1. The molecule has 5 heterocycles. The molecule has 0 unspecified atom stereocenters. The predicted molar refractivity (Wildman–Crippen MR) is 136 cm³/mol. The van der Waals surface area contributed by atoms with E-state index in [0.29, 0.717) is 31.5 Å². The highest BCUT2D eigenvalue weighted by Gasteiger charge is 2.24. The minimum atomic E-state index is -0.665. The van der Waals surface area contributed by atoms with Gasteiger partial charge in [0.1, 0.15) is 5.00 Å². The van der Waals surface area contributed by atoms with Gasteiger partial charge >= 0.3 is 0 Å². The highest BCUT2D eigenvalue weighted by Crippen LogP contribution is 2.40. The van der Waals surface area contributed by atoms with Crippen molar-refractivity contribution in [1.82, 2.24) is 30.8 Å². The van der Waals surface area contributed by atoms with Crippen LogP contribution in [0, 0.1) is 0 Å². The van der Waals surface area contributed by atoms with Crippen molar-refractivity contribution in [3.8, 4) is 11.4 Å². The molecule has 184 valence electrons. The van der Waals surface area contributed by atoms with Gasteiger partial charge in [-0.25, -0.2) is 30.8 Å². The lowest BCUT2D eigenvalue weighted by Gasteiger charge is -2.28. The van der Waals surface area contributed by atoms with Gasteiger partial charge in [0.25, 0.3) is 5.91 Å². The number of hydroxylamine groups is 1. The molecule has 1 amide bonds. The summed E-state index contributed by atoms with van der Waals surface area (Å²) in [6.07, 6.45) is 2.74. The number of ether oxygens (including phenoxy) is 1. The summed E-state index contributed by atoms with van der Waals surface area (Å²) >= 11 is 1.56. The number of aromatic nitrogens is 4. The number of carbonyl (C=O) groups excluding carboxylic acids is 1. The molecule has 0 bridgehead atoms. The smallest absolute Gasteiger partial charge is 0.277 e. The number of carbonyl (C=O) groups is 1. The number of hydrogen-bond donors (Lipinski definition) is 4. The Hall–Kier alpha value is -3.91. The van der Waals surface area contributed by atoms with Crippen molar-refractivity contribution in [2.24, 2.45) is 0 Å². The van der Waals surface area contributed by atoms with E-state index in [-0.39, 0.29) is 5.56 Å². The normalized spacial score (nSPS) is 15.0. The third-order valence-corrected chi connectivity index (χ3v) is 7.39. The van der Waals surface area contributed by atoms with Crippen molar-refractivity contribution in [1.29, 1.82) is 0 Å². The number of thiophene rings is 1. The first-order valence-electron chi connectivity index (χ1n) is 11.4. The molecule has 4 aromatic rings. The lowest BCUT2D eigenvalue weighted by Crippen LogP contribution is -2.36. The van der Waals surface area contributed by atoms with E-state index in [2.05, 4.69) is 31.8 Å². The van der Waals surface area contributed by atoms with Crippen molar-refractivity contribution >= 4 is 49.9 Å². The van der Waals surface area contributed by atoms with Gasteiger partial charge in [0.15, 0.2) is 11.6 Å². The molecule has 6 rings (SSSR count). The highest BCUT2D eigenvalue weighted by atomic mass is 32.1. The van der Waals surface area contributed by atoms with E-state index in [0.717, 1.165) is 50.9 Å². The molecule has 0 spiro atoms. The lowest BCUT2D eigenvalue weighted by molar-refractivity contribution is 0.0705. The largest absolute Gasteiger partial charge is 0.378 e. The van der Waals surface area contributed by atoms with Crippen LogP contribution >= 0.6 is 11.3 Å². The molecule has 0 saturated carbocycles. The van der Waals surface area contributed by atoms with Crippen LogP contribution in [-0.2, 0) is 11.3 Å². The second-order valence-corrected chi connectivity index (χ2v) is 9.38. The summed E-state index contributed by atoms with van der Waals surface area (Å²) in [4.78, 5) is 34.3. The second-order valence-electron chi connectivity index (χ2n) is 8.35. The fourth-order valence-corrected chi connectivity index (χ4v) is 5.36. The Kier molecular flexibility index (Phi) is 5.81. The van der Waals surface area contributed by atoms with E-state index < -0.39 is 5.91 Å². The average molecular weight is 506 g/mol. The summed E-state index contributed by atoms with van der Waals surface area (Å²) in [7, 11) is 1.86. The van der Waals surface area contributed by atoms with Crippen molar-refractivity contribution in [2.75, 3.05) is 48.6 Å². The fraction of sp³-hybridized carbons (Fsp3) is 0.261. The average Bonchev–Trinajstić information content (AvgIpc) is 3.59. The van der Waals surface area contributed by atoms with Gasteiger partial charge in [-0.05, 0) is 12.1 Å². The molecule has 13 heteroatoms. The Morgan fingerprint density at radius 3 is 2.81 bits per heavy atom. The van der Waals surface area contributed by atoms with Crippen LogP contribution in [0.15, 0.2) is 36.7 Å². The number of rotatable bonds is 5. The molecule has 2 aliphatic rings. The molecule has 0 atom stereocenters. The van der Waals surface area contributed by atoms with Crippen LogP contribution in [0.4, 0.5) is 22.5 Å². The topological polar surface area (TPSA) is 141 Å². The quantitative estimate of drug-likeness (QED) is 0.235. The predicted octanol–water partition coefficient (Wildman–Crippen LogP) is 2.30. The van der Waals surface area contributed by atoms with E-state index in [4.69, 9.17) is 19.9 Å². The molecule has 2 aliphatic heterocycles. The van der Waals surface area contributed by atoms with Gasteiger partial charge in [-0.1, -0.05) is 12.1 Å². The molecule has 1 fully saturated rings. The van der Waals surface area contributed by atoms with Crippen molar-refractivity contribution in [3.05, 3.63) is 47.8 Å². The van der Waals surface area contributed by atoms with Gasteiger partial charge in [0.2, 0.25) is 5.95 Å². The zero-order valence-corrected chi connectivity index (χ0v) is 20.2. The summed E-state index contributed by atoms with van der Waals surface area (Å²) in [5, 5.41) is 9.70. The second kappa shape index (κ2) is 9.28. The first kappa shape index (κ1) is 22.5. The molecule has 4 N–H and O–H groups in total. The lowest BCUT2D eigenvalue weighted by atomic mass is 10.1. The van der Waals surface area contributed by atoms with Gasteiger partial charge in [0, 0.05) is 50.2 Å². The maximum atomic E-state index is 11.6. The van der Waals surface area contributed by atoms with E-state index in [1.165, 1.54) is 12.4 Å². The Morgan fingerprint density at radius 2 is 2.03 bits per heavy atom. The monoisotopic (exact) mass is 505 g/mol. The molecule has 0 radical (unpaired) electrons. The molecule has 36 heavy (non-hydrogen) atoms. The molecule has 1 saturated heterocycles. The van der Waals surface area contributed by atoms with Crippen molar-refractivity contribution < 1.29 is 14.7 Å². The SMILES string of the molecule is CN(c1ncc(C(=O)NO)cn1)c1cc2nc(-c3cccc4c3CNN4)nc(N3CCOCC3)c2s1. The summed E-state index contributed by atoms with van der Waals surface area (Å²) in [6.45, 7) is 3.49. The molecular formula is C23H23N9O3S. The standard InChI is InChI=1S/C23H23N9O3S/c1-31(23-24-10-13(11-25-23)22(33)30-34)18-9-17-19(36-18)21(32-5-7-35-8-6-32)28-20(27-17)14-3-2-4-16-15(14)12-26-29-16/h2-4,9-11,26,29,34H,5-8,12H2,1H3,(H,30,33). The molecule has 12 nitrogen and oxygen atoms in total. The van der Waals surface area contributed by atoms with Gasteiger partial charge in [-0.15, -0.1) is 11.3 Å². The van der Waals surface area contributed by atoms with Crippen LogP contribution in [0.3, 0.4) is 0 Å². The Balaban J connectivity index is 1.43. The first-order chi connectivity index (χ1) is 17.6. The van der Waals surface area contributed by atoms with E-state index >= 15 is 0 Å². The molecule has 0 aliphatic carbocycles. The maximum Gasteiger partial charge on any atom is 0.277 e. The van der Waals surface area contributed by atoms with Crippen LogP contribution in [0.25, 0.3) is 21.6 Å². The molecular weight excluding hydrogens is 482 g/mol. The molecule has 3 aromatic heterocycles. The summed E-state index contributed by atoms with van der Waals surface area (Å²) in [6, 6.07) is 8.09. The maximum absolute atomic E-state index is 11.6. The number of amides is 1. The number of benzene rings is 1. The fourth-order valence-electron chi connectivity index (χ4n) is 4.28. The van der Waals surface area contributed by atoms with Crippen molar-refractivity contribution in [2.45, 2.75) is 6.54 Å². The van der Waals surface area contributed by atoms with Gasteiger partial charge in [0.05, 0.1) is 34.7 Å². The van der Waals surface area contributed by atoms with Gasteiger partial charge < -0.3 is 20.0 Å². The third kappa shape index (κ3) is 3.97. The summed E-state index contributed by atoms with van der Waals surface area (Å²) in [5.41, 5.74) is 12.1. The zero-order valence-electron chi connectivity index (χ0n) is 19.4. The number of hydrogen-bond acceptors (Lipinski definition) is 12. The number of nitrogens with one attached hydrogen (secondary N) is 3. The highest BCUT2D eigenvalue weighted by molar-refractivity contribution is 7.23. The van der Waals surface area contributed by atoms with E-state index in [1.807, 2.05) is 30.1 Å². The van der Waals surface area contributed by atoms with Crippen molar-refractivity contribution in [3.63, 3.8) is 0 Å². The molecule has 1 aromatic carbocycles. The minimum absolute atomic E-state index is 0.162.